The summed E-state index contributed by atoms with van der Waals surface area (Å²) in [5.74, 6) is 0.312. The number of nitrogen functional groups attached to an aromatic ring is 1. The van der Waals surface area contributed by atoms with Crippen molar-refractivity contribution in [2.24, 2.45) is 5.92 Å². The Morgan fingerprint density at radius 1 is 1.44 bits per heavy atom. The van der Waals surface area contributed by atoms with Crippen molar-refractivity contribution < 1.29 is 9.53 Å². The highest BCUT2D eigenvalue weighted by molar-refractivity contribution is 5.97. The van der Waals surface area contributed by atoms with Crippen LogP contribution in [0, 0.1) is 5.92 Å². The average molecular weight is 248 g/mol. The first-order valence-electron chi connectivity index (χ1n) is 6.27. The molecule has 0 spiro atoms. The summed E-state index contributed by atoms with van der Waals surface area (Å²) in [4.78, 5) is 14.1. The van der Waals surface area contributed by atoms with Crippen molar-refractivity contribution >= 4 is 17.3 Å². The van der Waals surface area contributed by atoms with Gasteiger partial charge in [0.25, 0.3) is 0 Å². The van der Waals surface area contributed by atoms with Crippen molar-refractivity contribution in [1.82, 2.24) is 0 Å². The van der Waals surface area contributed by atoms with Crippen LogP contribution >= 0.6 is 0 Å². The van der Waals surface area contributed by atoms with Gasteiger partial charge in [-0.05, 0) is 37.5 Å². The van der Waals surface area contributed by atoms with Gasteiger partial charge >= 0.3 is 5.97 Å². The second kappa shape index (κ2) is 4.88. The average Bonchev–Trinajstić information content (AvgIpc) is 2.67. The number of carbonyl (C=O) groups excluding carboxylic acids is 1. The Hall–Kier alpha value is -1.71. The molecule has 1 aliphatic rings. The molecule has 1 fully saturated rings. The number of nitrogens with two attached hydrogens (primary N) is 1. The topological polar surface area (TPSA) is 55.6 Å². The summed E-state index contributed by atoms with van der Waals surface area (Å²) in [5, 5.41) is 0. The molecule has 0 saturated carbocycles. The van der Waals surface area contributed by atoms with E-state index in [2.05, 4.69) is 18.7 Å². The lowest BCUT2D eigenvalue weighted by Gasteiger charge is -2.26. The maximum atomic E-state index is 11.8. The van der Waals surface area contributed by atoms with E-state index in [-0.39, 0.29) is 5.97 Å². The van der Waals surface area contributed by atoms with E-state index in [0.29, 0.717) is 23.2 Å². The van der Waals surface area contributed by atoms with E-state index in [0.717, 1.165) is 18.7 Å². The minimum Gasteiger partial charge on any atom is -0.465 e. The van der Waals surface area contributed by atoms with Crippen LogP contribution in [-0.4, -0.2) is 25.7 Å². The summed E-state index contributed by atoms with van der Waals surface area (Å²) in [6.45, 7) is 5.38. The molecule has 18 heavy (non-hydrogen) atoms. The van der Waals surface area contributed by atoms with E-state index in [4.69, 9.17) is 10.5 Å². The molecule has 2 rings (SSSR count). The van der Waals surface area contributed by atoms with E-state index in [9.17, 15) is 4.79 Å². The molecule has 1 heterocycles. The Morgan fingerprint density at radius 2 is 2.17 bits per heavy atom. The van der Waals surface area contributed by atoms with Crippen molar-refractivity contribution in [3.63, 3.8) is 0 Å². The standard InChI is InChI=1S/C14H20N2O2/c1-9-6-10(2)16(8-9)13-5-4-11(15)7-12(13)14(17)18-3/h4-5,7,9-10H,6,8,15H2,1-3H3. The highest BCUT2D eigenvalue weighted by Crippen LogP contribution is 2.32. The lowest BCUT2D eigenvalue weighted by molar-refractivity contribution is 0.0601. The summed E-state index contributed by atoms with van der Waals surface area (Å²) in [5.41, 5.74) is 7.81. The Kier molecular flexibility index (Phi) is 3.45. The third-order valence-electron chi connectivity index (χ3n) is 3.52. The van der Waals surface area contributed by atoms with Gasteiger partial charge in [0, 0.05) is 18.3 Å². The lowest BCUT2D eigenvalue weighted by Crippen LogP contribution is -2.28. The minimum atomic E-state index is -0.330. The first-order chi connectivity index (χ1) is 8.52. The second-order valence-corrected chi connectivity index (χ2v) is 5.11. The monoisotopic (exact) mass is 248 g/mol. The zero-order chi connectivity index (χ0) is 13.3. The van der Waals surface area contributed by atoms with Crippen LogP contribution in [0.1, 0.15) is 30.6 Å². The first kappa shape index (κ1) is 12.7. The third-order valence-corrected chi connectivity index (χ3v) is 3.52. The molecular weight excluding hydrogens is 228 g/mol. The first-order valence-corrected chi connectivity index (χ1v) is 6.27. The van der Waals surface area contributed by atoms with Gasteiger partial charge in [0.1, 0.15) is 0 Å². The van der Waals surface area contributed by atoms with Crippen molar-refractivity contribution in [3.8, 4) is 0 Å². The van der Waals surface area contributed by atoms with Gasteiger partial charge in [0.2, 0.25) is 0 Å². The molecule has 4 heteroatoms. The Bertz CT molecular complexity index is 459. The van der Waals surface area contributed by atoms with E-state index >= 15 is 0 Å². The Morgan fingerprint density at radius 3 is 2.72 bits per heavy atom. The number of anilines is 2. The number of benzene rings is 1. The molecule has 2 N–H and O–H groups in total. The summed E-state index contributed by atoms with van der Waals surface area (Å²) in [6.07, 6.45) is 1.14. The van der Waals surface area contributed by atoms with E-state index in [1.54, 1.807) is 6.07 Å². The Balaban J connectivity index is 2.41. The van der Waals surface area contributed by atoms with Crippen molar-refractivity contribution in [1.29, 1.82) is 0 Å². The summed E-state index contributed by atoms with van der Waals surface area (Å²) in [6, 6.07) is 5.87. The van der Waals surface area contributed by atoms with Gasteiger partial charge in [-0.1, -0.05) is 6.92 Å². The van der Waals surface area contributed by atoms with E-state index in [1.165, 1.54) is 7.11 Å². The SMILES string of the molecule is COC(=O)c1cc(N)ccc1N1CC(C)CC1C. The van der Waals surface area contributed by atoms with Crippen LogP contribution in [0.25, 0.3) is 0 Å². The lowest BCUT2D eigenvalue weighted by atomic mass is 10.1. The van der Waals surface area contributed by atoms with Gasteiger partial charge in [-0.2, -0.15) is 0 Å². The summed E-state index contributed by atoms with van der Waals surface area (Å²) < 4.78 is 4.83. The molecular formula is C14H20N2O2. The number of ether oxygens (including phenoxy) is 1. The molecule has 1 aliphatic heterocycles. The van der Waals surface area contributed by atoms with Crippen molar-refractivity contribution in [3.05, 3.63) is 23.8 Å². The molecule has 2 unspecified atom stereocenters. The molecule has 0 amide bonds. The van der Waals surface area contributed by atoms with Crippen LogP contribution in [0.2, 0.25) is 0 Å². The molecule has 1 aromatic carbocycles. The van der Waals surface area contributed by atoms with Crippen LogP contribution in [0.3, 0.4) is 0 Å². The minimum absolute atomic E-state index is 0.330. The van der Waals surface area contributed by atoms with Crippen LogP contribution in [0.15, 0.2) is 18.2 Å². The fourth-order valence-corrected chi connectivity index (χ4v) is 2.71. The molecule has 4 nitrogen and oxygen atoms in total. The van der Waals surface area contributed by atoms with Crippen LogP contribution in [0.4, 0.5) is 11.4 Å². The second-order valence-electron chi connectivity index (χ2n) is 5.11. The molecule has 1 saturated heterocycles. The number of methoxy groups -OCH3 is 1. The van der Waals surface area contributed by atoms with Gasteiger partial charge in [-0.25, -0.2) is 4.79 Å². The molecule has 0 aliphatic carbocycles. The van der Waals surface area contributed by atoms with Crippen molar-refractivity contribution in [2.75, 3.05) is 24.3 Å². The number of esters is 1. The van der Waals surface area contributed by atoms with Crippen LogP contribution in [-0.2, 0) is 4.74 Å². The smallest absolute Gasteiger partial charge is 0.340 e. The summed E-state index contributed by atoms with van der Waals surface area (Å²) >= 11 is 0. The van der Waals surface area contributed by atoms with Crippen molar-refractivity contribution in [2.45, 2.75) is 26.3 Å². The van der Waals surface area contributed by atoms with Gasteiger partial charge in [0.05, 0.1) is 18.4 Å². The van der Waals surface area contributed by atoms with Gasteiger partial charge in [-0.15, -0.1) is 0 Å². The molecule has 0 radical (unpaired) electrons. The Labute approximate surface area is 108 Å². The van der Waals surface area contributed by atoms with E-state index < -0.39 is 0 Å². The van der Waals surface area contributed by atoms with Gasteiger partial charge < -0.3 is 15.4 Å². The molecule has 1 aromatic rings. The van der Waals surface area contributed by atoms with Gasteiger partial charge in [0.15, 0.2) is 0 Å². The number of nitrogens with zero attached hydrogens (tertiary/aromatic N) is 1. The predicted octanol–water partition coefficient (Wildman–Crippen LogP) is 2.29. The molecule has 2 atom stereocenters. The fourth-order valence-electron chi connectivity index (χ4n) is 2.71. The van der Waals surface area contributed by atoms with E-state index in [1.807, 2.05) is 12.1 Å². The quantitative estimate of drug-likeness (QED) is 0.644. The number of rotatable bonds is 2. The number of hydrogen-bond acceptors (Lipinski definition) is 4. The highest BCUT2D eigenvalue weighted by Gasteiger charge is 2.29. The van der Waals surface area contributed by atoms with Crippen LogP contribution in [0.5, 0.6) is 0 Å². The molecule has 98 valence electrons. The normalized spacial score (nSPS) is 23.2. The predicted molar refractivity (Wildman–Crippen MR) is 72.8 cm³/mol. The maximum Gasteiger partial charge on any atom is 0.340 e. The maximum absolute atomic E-state index is 11.8. The molecule has 0 bridgehead atoms. The molecule has 0 aromatic heterocycles. The number of hydrogen-bond donors (Lipinski definition) is 1. The summed E-state index contributed by atoms with van der Waals surface area (Å²) in [7, 11) is 1.39. The van der Waals surface area contributed by atoms with Gasteiger partial charge in [-0.3, -0.25) is 0 Å². The third kappa shape index (κ3) is 2.28. The fraction of sp³-hybridized carbons (Fsp3) is 0.500. The van der Waals surface area contributed by atoms with Crippen LogP contribution < -0.4 is 10.6 Å². The zero-order valence-corrected chi connectivity index (χ0v) is 11.1. The highest BCUT2D eigenvalue weighted by atomic mass is 16.5. The zero-order valence-electron chi connectivity index (χ0n) is 11.1. The number of carbonyl (C=O) groups is 1. The largest absolute Gasteiger partial charge is 0.465 e.